The van der Waals surface area contributed by atoms with E-state index in [2.05, 4.69) is 64.6 Å². The quantitative estimate of drug-likeness (QED) is 0.662. The van der Waals surface area contributed by atoms with Gasteiger partial charge in [0.25, 0.3) is 0 Å². The van der Waals surface area contributed by atoms with Gasteiger partial charge in [-0.15, -0.1) is 5.10 Å². The summed E-state index contributed by atoms with van der Waals surface area (Å²) < 4.78 is 2.01. The molecule has 0 N–H and O–H groups in total. The monoisotopic (exact) mass is 438 g/mol. The molecule has 174 valence electrons. The van der Waals surface area contributed by atoms with Crippen LogP contribution < -0.4 is 0 Å². The molecule has 1 aromatic carbocycles. The summed E-state index contributed by atoms with van der Waals surface area (Å²) in [4.78, 5) is 16.9. The number of hydrogen-bond donors (Lipinski definition) is 0. The molecule has 1 amide bonds. The third-order valence-electron chi connectivity index (χ3n) is 7.37. The van der Waals surface area contributed by atoms with Crippen LogP contribution in [0.25, 0.3) is 0 Å². The van der Waals surface area contributed by atoms with Crippen LogP contribution in [-0.2, 0) is 23.3 Å². The summed E-state index contributed by atoms with van der Waals surface area (Å²) in [5.74, 6) is 2.40. The van der Waals surface area contributed by atoms with Crippen LogP contribution >= 0.6 is 0 Å². The number of rotatable bonds is 7. The standard InChI is InChI=1S/C25H38N6O/c1-20(2)10-17-31-24(26-27-28-31)25(13-7-14-29(19-25)21(3)32)30-15-11-23(12-16-30)18-22-8-5-4-6-9-22/h4-6,8-9,20,23H,7,10-19H2,1-3H3. The number of piperidine rings is 2. The number of aryl methyl sites for hydroxylation is 1. The third-order valence-corrected chi connectivity index (χ3v) is 7.37. The van der Waals surface area contributed by atoms with E-state index in [4.69, 9.17) is 0 Å². The zero-order chi connectivity index (χ0) is 22.6. The number of benzene rings is 1. The van der Waals surface area contributed by atoms with Crippen molar-refractivity contribution in [2.45, 2.75) is 71.4 Å². The van der Waals surface area contributed by atoms with Gasteiger partial charge < -0.3 is 4.90 Å². The third kappa shape index (κ3) is 5.03. The molecule has 2 aromatic rings. The molecule has 2 fully saturated rings. The van der Waals surface area contributed by atoms with E-state index >= 15 is 0 Å². The van der Waals surface area contributed by atoms with Gasteiger partial charge in [-0.05, 0) is 79.4 Å². The van der Waals surface area contributed by atoms with Crippen molar-refractivity contribution in [1.82, 2.24) is 30.0 Å². The Balaban J connectivity index is 1.55. The van der Waals surface area contributed by atoms with E-state index in [-0.39, 0.29) is 11.4 Å². The van der Waals surface area contributed by atoms with Crippen LogP contribution in [0, 0.1) is 11.8 Å². The summed E-state index contributed by atoms with van der Waals surface area (Å²) in [6.07, 6.45) is 6.52. The molecular weight excluding hydrogens is 400 g/mol. The Bertz CT molecular complexity index is 874. The van der Waals surface area contributed by atoms with Crippen LogP contribution in [-0.4, -0.2) is 62.1 Å². The van der Waals surface area contributed by atoms with Gasteiger partial charge in [-0.25, -0.2) is 4.68 Å². The number of aromatic nitrogens is 4. The molecule has 4 rings (SSSR count). The van der Waals surface area contributed by atoms with Crippen molar-refractivity contribution in [2.75, 3.05) is 26.2 Å². The van der Waals surface area contributed by atoms with Crippen LogP contribution in [0.5, 0.6) is 0 Å². The summed E-state index contributed by atoms with van der Waals surface area (Å²) >= 11 is 0. The predicted octanol–water partition coefficient (Wildman–Crippen LogP) is 3.51. The summed E-state index contributed by atoms with van der Waals surface area (Å²) in [5.41, 5.74) is 1.14. The second-order valence-corrected chi connectivity index (χ2v) is 10.1. The van der Waals surface area contributed by atoms with Crippen molar-refractivity contribution in [3.8, 4) is 0 Å². The van der Waals surface area contributed by atoms with E-state index in [1.807, 2.05) is 9.58 Å². The first-order valence-electron chi connectivity index (χ1n) is 12.3. The lowest BCUT2D eigenvalue weighted by atomic mass is 9.82. The second kappa shape index (κ2) is 10.1. The largest absolute Gasteiger partial charge is 0.341 e. The molecule has 32 heavy (non-hydrogen) atoms. The summed E-state index contributed by atoms with van der Waals surface area (Å²) in [7, 11) is 0. The van der Waals surface area contributed by atoms with Gasteiger partial charge in [0.1, 0.15) is 5.54 Å². The van der Waals surface area contributed by atoms with Crippen LogP contribution in [0.3, 0.4) is 0 Å². The van der Waals surface area contributed by atoms with Gasteiger partial charge in [-0.2, -0.15) is 0 Å². The minimum absolute atomic E-state index is 0.147. The van der Waals surface area contributed by atoms with Crippen molar-refractivity contribution in [1.29, 1.82) is 0 Å². The molecule has 1 aromatic heterocycles. The zero-order valence-corrected chi connectivity index (χ0v) is 19.9. The first kappa shape index (κ1) is 22.9. The maximum Gasteiger partial charge on any atom is 0.219 e. The molecule has 2 aliphatic heterocycles. The number of carbonyl (C=O) groups is 1. The molecule has 0 saturated carbocycles. The summed E-state index contributed by atoms with van der Waals surface area (Å²) in [6, 6.07) is 10.8. The Labute approximate surface area is 192 Å². The molecule has 2 saturated heterocycles. The smallest absolute Gasteiger partial charge is 0.219 e. The Morgan fingerprint density at radius 1 is 1.16 bits per heavy atom. The van der Waals surface area contributed by atoms with Gasteiger partial charge in [0.15, 0.2) is 5.82 Å². The van der Waals surface area contributed by atoms with E-state index < -0.39 is 0 Å². The van der Waals surface area contributed by atoms with Crippen molar-refractivity contribution >= 4 is 5.91 Å². The fourth-order valence-electron chi connectivity index (χ4n) is 5.47. The highest BCUT2D eigenvalue weighted by molar-refractivity contribution is 5.73. The van der Waals surface area contributed by atoms with E-state index in [1.54, 1.807) is 6.92 Å². The zero-order valence-electron chi connectivity index (χ0n) is 19.9. The van der Waals surface area contributed by atoms with E-state index in [0.29, 0.717) is 18.4 Å². The van der Waals surface area contributed by atoms with Gasteiger partial charge in [0.05, 0.1) is 0 Å². The normalized spacial score (nSPS) is 23.1. The minimum Gasteiger partial charge on any atom is -0.341 e. The van der Waals surface area contributed by atoms with E-state index in [1.165, 1.54) is 18.4 Å². The highest BCUT2D eigenvalue weighted by atomic mass is 16.2. The molecule has 0 bridgehead atoms. The van der Waals surface area contributed by atoms with Crippen LogP contribution in [0.2, 0.25) is 0 Å². The molecule has 1 atom stereocenters. The number of likely N-dealkylation sites (tertiary alicyclic amines) is 2. The van der Waals surface area contributed by atoms with Crippen LogP contribution in [0.1, 0.15) is 64.3 Å². The maximum atomic E-state index is 12.3. The topological polar surface area (TPSA) is 67.2 Å². The van der Waals surface area contributed by atoms with Crippen LogP contribution in [0.15, 0.2) is 30.3 Å². The Hall–Kier alpha value is -2.28. The average Bonchev–Trinajstić information content (AvgIpc) is 3.28. The van der Waals surface area contributed by atoms with E-state index in [9.17, 15) is 4.79 Å². The minimum atomic E-state index is -0.290. The van der Waals surface area contributed by atoms with Crippen molar-refractivity contribution in [2.24, 2.45) is 11.8 Å². The molecule has 7 heteroatoms. The summed E-state index contributed by atoms with van der Waals surface area (Å²) in [6.45, 7) is 10.5. The summed E-state index contributed by atoms with van der Waals surface area (Å²) in [5, 5.41) is 13.0. The lowest BCUT2D eigenvalue weighted by Crippen LogP contribution is -2.60. The van der Waals surface area contributed by atoms with Crippen molar-refractivity contribution in [3.05, 3.63) is 41.7 Å². The number of amides is 1. The molecule has 7 nitrogen and oxygen atoms in total. The lowest BCUT2D eigenvalue weighted by molar-refractivity contribution is -0.134. The highest BCUT2D eigenvalue weighted by Gasteiger charge is 2.47. The van der Waals surface area contributed by atoms with E-state index in [0.717, 1.165) is 57.7 Å². The first-order chi connectivity index (χ1) is 15.5. The second-order valence-electron chi connectivity index (χ2n) is 10.1. The average molecular weight is 439 g/mol. The van der Waals surface area contributed by atoms with Crippen molar-refractivity contribution in [3.63, 3.8) is 0 Å². The Morgan fingerprint density at radius 2 is 1.91 bits per heavy atom. The lowest BCUT2D eigenvalue weighted by Gasteiger charge is -2.50. The molecule has 2 aliphatic rings. The Morgan fingerprint density at radius 3 is 2.59 bits per heavy atom. The van der Waals surface area contributed by atoms with Gasteiger partial charge in [-0.3, -0.25) is 9.69 Å². The fraction of sp³-hybridized carbons (Fsp3) is 0.680. The van der Waals surface area contributed by atoms with Gasteiger partial charge in [0, 0.05) is 26.6 Å². The number of carbonyl (C=O) groups excluding carboxylic acids is 1. The molecule has 1 unspecified atom stereocenters. The number of nitrogens with zero attached hydrogens (tertiary/aromatic N) is 6. The fourth-order valence-corrected chi connectivity index (χ4v) is 5.47. The SMILES string of the molecule is CC(=O)N1CCCC(c2nnnn2CCC(C)C)(N2CCC(Cc3ccccc3)CC2)C1. The number of hydrogen-bond acceptors (Lipinski definition) is 5. The first-order valence-corrected chi connectivity index (χ1v) is 12.3. The van der Waals surface area contributed by atoms with Crippen LogP contribution in [0.4, 0.5) is 0 Å². The number of tetrazole rings is 1. The molecule has 0 spiro atoms. The molecular formula is C25H38N6O. The molecule has 0 aliphatic carbocycles. The van der Waals surface area contributed by atoms with Crippen molar-refractivity contribution < 1.29 is 4.79 Å². The van der Waals surface area contributed by atoms with Gasteiger partial charge in [-0.1, -0.05) is 44.2 Å². The Kier molecular flexibility index (Phi) is 7.23. The predicted molar refractivity (Wildman–Crippen MR) is 125 cm³/mol. The van der Waals surface area contributed by atoms with Gasteiger partial charge >= 0.3 is 0 Å². The highest BCUT2D eigenvalue weighted by Crippen LogP contribution is 2.39. The molecule has 0 radical (unpaired) electrons. The molecule has 3 heterocycles. The van der Waals surface area contributed by atoms with Gasteiger partial charge in [0.2, 0.25) is 5.91 Å². The maximum absolute atomic E-state index is 12.3.